The summed E-state index contributed by atoms with van der Waals surface area (Å²) in [5.41, 5.74) is 3.58. The first-order valence-corrected chi connectivity index (χ1v) is 10.9. The smallest absolute Gasteiger partial charge is 0.115 e. The molecule has 5 atom stereocenters. The van der Waals surface area contributed by atoms with E-state index >= 15 is 0 Å². The molecule has 0 spiro atoms. The monoisotopic (exact) mass is 358 g/mol. The van der Waals surface area contributed by atoms with Crippen molar-refractivity contribution in [3.63, 3.8) is 0 Å². The van der Waals surface area contributed by atoms with E-state index in [0.717, 1.165) is 23.7 Å². The second-order valence-electron chi connectivity index (χ2n) is 9.20. The van der Waals surface area contributed by atoms with Crippen LogP contribution in [0.25, 0.3) is 0 Å². The summed E-state index contributed by atoms with van der Waals surface area (Å²) in [6.45, 7) is 6.98. The number of phenolic OH excluding ortho intramolecular Hbond substituents is 1. The lowest BCUT2D eigenvalue weighted by Gasteiger charge is -2.50. The number of benzene rings is 1. The average molecular weight is 359 g/mol. The van der Waals surface area contributed by atoms with Crippen molar-refractivity contribution < 1.29 is 10.2 Å². The van der Waals surface area contributed by atoms with Gasteiger partial charge in [0.25, 0.3) is 0 Å². The minimum Gasteiger partial charge on any atom is -0.508 e. The molecule has 2 N–H and O–H groups in total. The molecule has 0 aromatic heterocycles. The number of hydrogen-bond acceptors (Lipinski definition) is 2. The van der Waals surface area contributed by atoms with Crippen LogP contribution < -0.4 is 0 Å². The zero-order valence-corrected chi connectivity index (χ0v) is 17.0. The van der Waals surface area contributed by atoms with Crippen LogP contribution in [-0.4, -0.2) is 16.8 Å². The van der Waals surface area contributed by atoms with E-state index in [1.54, 1.807) is 12.5 Å². The molecule has 0 bridgehead atoms. The molecule has 0 aliphatic heterocycles. The van der Waals surface area contributed by atoms with Gasteiger partial charge in [0.1, 0.15) is 5.75 Å². The number of hydrogen-bond donors (Lipinski definition) is 2. The van der Waals surface area contributed by atoms with Gasteiger partial charge in [0.2, 0.25) is 0 Å². The van der Waals surface area contributed by atoms with Crippen molar-refractivity contribution in [3.05, 3.63) is 29.3 Å². The van der Waals surface area contributed by atoms with Crippen LogP contribution in [0.1, 0.15) is 89.2 Å². The van der Waals surface area contributed by atoms with Crippen molar-refractivity contribution >= 4 is 0 Å². The highest BCUT2D eigenvalue weighted by Gasteiger charge is 2.53. The maximum absolute atomic E-state index is 9.71. The minimum absolute atomic E-state index is 0.250. The molecule has 0 heterocycles. The van der Waals surface area contributed by atoms with Gasteiger partial charge in [-0.2, -0.15) is 0 Å². The predicted octanol–water partition coefficient (Wildman–Crippen LogP) is 6.05. The van der Waals surface area contributed by atoms with Crippen molar-refractivity contribution in [2.45, 2.75) is 84.5 Å². The number of rotatable bonds is 0. The second-order valence-corrected chi connectivity index (χ2v) is 9.20. The summed E-state index contributed by atoms with van der Waals surface area (Å²) in [6, 6.07) is 6.12. The van der Waals surface area contributed by atoms with Crippen molar-refractivity contribution in [2.75, 3.05) is 6.61 Å². The lowest BCUT2D eigenvalue weighted by Crippen LogP contribution is -2.41. The maximum Gasteiger partial charge on any atom is 0.115 e. The highest BCUT2D eigenvalue weighted by atomic mass is 16.3. The van der Waals surface area contributed by atoms with Crippen LogP contribution in [0, 0.1) is 23.2 Å². The van der Waals surface area contributed by atoms with Crippen LogP contribution in [0.15, 0.2) is 18.2 Å². The second kappa shape index (κ2) is 8.33. The summed E-state index contributed by atoms with van der Waals surface area (Å²) in [4.78, 5) is 0. The highest BCUT2D eigenvalue weighted by Crippen LogP contribution is 2.62. The molecular weight excluding hydrogens is 320 g/mol. The van der Waals surface area contributed by atoms with E-state index in [0.29, 0.717) is 11.2 Å². The normalized spacial score (nSPS) is 36.3. The van der Waals surface area contributed by atoms with Gasteiger partial charge in [-0.1, -0.05) is 39.2 Å². The van der Waals surface area contributed by atoms with Gasteiger partial charge in [-0.25, -0.2) is 0 Å². The zero-order chi connectivity index (χ0) is 18.7. The molecule has 3 unspecified atom stereocenters. The van der Waals surface area contributed by atoms with Gasteiger partial charge < -0.3 is 10.2 Å². The quantitative estimate of drug-likeness (QED) is 0.592. The van der Waals surface area contributed by atoms with E-state index in [9.17, 15) is 5.11 Å². The molecule has 2 heteroatoms. The first-order chi connectivity index (χ1) is 12.5. The molecule has 2 nitrogen and oxygen atoms in total. The molecule has 26 heavy (non-hydrogen) atoms. The molecule has 4 aliphatic rings. The van der Waals surface area contributed by atoms with E-state index < -0.39 is 0 Å². The van der Waals surface area contributed by atoms with Gasteiger partial charge in [-0.15, -0.1) is 0 Å². The summed E-state index contributed by atoms with van der Waals surface area (Å²) in [6.07, 6.45) is 12.7. The third-order valence-electron chi connectivity index (χ3n) is 7.54. The van der Waals surface area contributed by atoms with Gasteiger partial charge >= 0.3 is 0 Å². The van der Waals surface area contributed by atoms with Gasteiger partial charge in [-0.3, -0.25) is 0 Å². The van der Waals surface area contributed by atoms with Crippen molar-refractivity contribution in [1.29, 1.82) is 0 Å². The lowest BCUT2D eigenvalue weighted by molar-refractivity contribution is 0.0336. The Kier molecular flexibility index (Phi) is 6.33. The topological polar surface area (TPSA) is 40.5 Å². The predicted molar refractivity (Wildman–Crippen MR) is 108 cm³/mol. The maximum atomic E-state index is 9.71. The largest absolute Gasteiger partial charge is 0.508 e. The Morgan fingerprint density at radius 2 is 1.77 bits per heavy atom. The van der Waals surface area contributed by atoms with Crippen LogP contribution >= 0.6 is 0 Å². The minimum atomic E-state index is 0.250. The number of aryl methyl sites for hydroxylation is 1. The Bertz CT molecular complexity index is 591. The first-order valence-electron chi connectivity index (χ1n) is 10.9. The molecule has 0 saturated heterocycles. The Balaban J connectivity index is 0.000000284. The lowest BCUT2D eigenvalue weighted by atomic mass is 9.54. The van der Waals surface area contributed by atoms with E-state index in [2.05, 4.69) is 19.9 Å². The number of aliphatic hydroxyl groups is 1. The highest BCUT2D eigenvalue weighted by molar-refractivity contribution is 5.40. The number of fused-ring (bicyclic) bond motifs is 5. The van der Waals surface area contributed by atoms with Crippen LogP contribution in [0.5, 0.6) is 5.75 Å². The number of phenols is 1. The van der Waals surface area contributed by atoms with E-state index in [4.69, 9.17) is 5.11 Å². The third kappa shape index (κ3) is 3.96. The fraction of sp³-hybridized carbons (Fsp3) is 0.750. The zero-order valence-electron chi connectivity index (χ0n) is 17.0. The third-order valence-corrected chi connectivity index (χ3v) is 7.54. The SMILES string of the molecule is C1CC1.CCO.C[C@H]1CCC2C3CCc4cc(O)ccc4C3CC[C@@]21C. The van der Waals surface area contributed by atoms with Crippen molar-refractivity contribution in [3.8, 4) is 5.75 Å². The molecular formula is C24H38O2. The Morgan fingerprint density at radius 1 is 1.08 bits per heavy atom. The fourth-order valence-corrected chi connectivity index (χ4v) is 5.83. The van der Waals surface area contributed by atoms with Crippen LogP contribution in [0.2, 0.25) is 0 Å². The molecule has 3 saturated carbocycles. The summed E-state index contributed by atoms with van der Waals surface area (Å²) in [7, 11) is 0. The molecule has 3 fully saturated rings. The summed E-state index contributed by atoms with van der Waals surface area (Å²) in [5, 5.41) is 17.3. The summed E-state index contributed by atoms with van der Waals surface area (Å²) in [5.74, 6) is 3.96. The number of aromatic hydroxyl groups is 1. The van der Waals surface area contributed by atoms with Crippen molar-refractivity contribution in [1.82, 2.24) is 0 Å². The Labute approximate surface area is 160 Å². The molecule has 0 radical (unpaired) electrons. The number of aliphatic hydroxyl groups excluding tert-OH is 1. The molecule has 1 aromatic carbocycles. The Morgan fingerprint density at radius 3 is 2.42 bits per heavy atom. The molecule has 5 rings (SSSR count). The van der Waals surface area contributed by atoms with Gasteiger partial charge in [-0.05, 0) is 97.8 Å². The summed E-state index contributed by atoms with van der Waals surface area (Å²) < 4.78 is 0. The van der Waals surface area contributed by atoms with Crippen molar-refractivity contribution in [2.24, 2.45) is 23.2 Å². The van der Waals surface area contributed by atoms with E-state index in [-0.39, 0.29) is 6.61 Å². The van der Waals surface area contributed by atoms with Gasteiger partial charge in [0, 0.05) is 6.61 Å². The summed E-state index contributed by atoms with van der Waals surface area (Å²) >= 11 is 0. The van der Waals surface area contributed by atoms with E-state index in [1.165, 1.54) is 63.4 Å². The molecule has 1 aromatic rings. The van der Waals surface area contributed by atoms with Crippen LogP contribution in [-0.2, 0) is 6.42 Å². The standard InChI is InChI=1S/C19H26O.C3H6.C2H6O/c1-12-3-8-18-17-6-4-13-11-14(20)5-7-15(13)16(17)9-10-19(12,18)2;1-2-3-1;1-2-3/h5,7,11-12,16-18,20H,3-4,6,8-10H2,1-2H3;1-3H2;3H,2H2,1H3/t12-,16?,17?,18?,19+;;/m0../s1. The molecule has 0 amide bonds. The van der Waals surface area contributed by atoms with E-state index in [1.807, 2.05) is 12.1 Å². The fourth-order valence-electron chi connectivity index (χ4n) is 5.83. The van der Waals surface area contributed by atoms with Gasteiger partial charge in [0.15, 0.2) is 0 Å². The van der Waals surface area contributed by atoms with Crippen LogP contribution in [0.4, 0.5) is 0 Å². The average Bonchev–Trinajstić information content (AvgIpc) is 3.46. The van der Waals surface area contributed by atoms with Gasteiger partial charge in [0.05, 0.1) is 0 Å². The Hall–Kier alpha value is -1.02. The molecule has 4 aliphatic carbocycles. The first kappa shape index (κ1) is 19.7. The molecule has 146 valence electrons. The van der Waals surface area contributed by atoms with Crippen LogP contribution in [0.3, 0.4) is 0 Å².